The molecule has 2 saturated heterocycles. The summed E-state index contributed by atoms with van der Waals surface area (Å²) < 4.78 is 13.2. The third-order valence-corrected chi connectivity index (χ3v) is 5.78. The van der Waals surface area contributed by atoms with Gasteiger partial charge < -0.3 is 15.1 Å². The molecule has 0 saturated carbocycles. The van der Waals surface area contributed by atoms with Gasteiger partial charge in [-0.15, -0.1) is 0 Å². The number of piperazine rings is 1. The molecule has 2 aliphatic heterocycles. The van der Waals surface area contributed by atoms with Crippen LogP contribution in [-0.4, -0.2) is 84.9 Å². The Morgan fingerprint density at radius 3 is 2.57 bits per heavy atom. The van der Waals surface area contributed by atoms with Crippen molar-refractivity contribution in [3.8, 4) is 0 Å². The molecule has 0 aromatic heterocycles. The first kappa shape index (κ1) is 20.7. The van der Waals surface area contributed by atoms with Crippen LogP contribution >= 0.6 is 0 Å². The van der Waals surface area contributed by atoms with Crippen LogP contribution in [0, 0.1) is 5.82 Å². The summed E-state index contributed by atoms with van der Waals surface area (Å²) in [4.78, 5) is 31.7. The molecule has 2 aliphatic rings. The molecule has 154 valence electrons. The van der Waals surface area contributed by atoms with Gasteiger partial charge in [0.2, 0.25) is 5.91 Å². The van der Waals surface area contributed by atoms with Crippen LogP contribution in [0.3, 0.4) is 0 Å². The topological polar surface area (TPSA) is 55.9 Å². The molecule has 2 amide bonds. The van der Waals surface area contributed by atoms with Gasteiger partial charge in [-0.05, 0) is 50.2 Å². The highest BCUT2D eigenvalue weighted by molar-refractivity contribution is 5.94. The van der Waals surface area contributed by atoms with E-state index >= 15 is 0 Å². The van der Waals surface area contributed by atoms with Crippen molar-refractivity contribution in [2.75, 3.05) is 52.4 Å². The van der Waals surface area contributed by atoms with Crippen molar-refractivity contribution in [1.82, 2.24) is 20.0 Å². The van der Waals surface area contributed by atoms with Crippen molar-refractivity contribution in [2.24, 2.45) is 0 Å². The first-order chi connectivity index (χ1) is 13.6. The average molecular weight is 391 g/mol. The van der Waals surface area contributed by atoms with Gasteiger partial charge in [0.15, 0.2) is 0 Å². The fourth-order valence-electron chi connectivity index (χ4n) is 4.13. The molecule has 3 rings (SSSR count). The van der Waals surface area contributed by atoms with E-state index in [1.165, 1.54) is 24.3 Å². The summed E-state index contributed by atoms with van der Waals surface area (Å²) in [5.41, 5.74) is 0.470. The molecule has 0 bridgehead atoms. The van der Waals surface area contributed by atoms with Crippen LogP contribution in [0.2, 0.25) is 0 Å². The van der Waals surface area contributed by atoms with Gasteiger partial charge in [-0.2, -0.15) is 0 Å². The normalized spacial score (nSPS) is 20.4. The van der Waals surface area contributed by atoms with Crippen LogP contribution in [0.25, 0.3) is 0 Å². The number of likely N-dealkylation sites (N-methyl/N-ethyl adjacent to an activating group) is 1. The first-order valence-corrected chi connectivity index (χ1v) is 10.4. The number of benzene rings is 1. The minimum atomic E-state index is -0.357. The average Bonchev–Trinajstić information content (AvgIpc) is 3.18. The van der Waals surface area contributed by atoms with Crippen LogP contribution in [0.4, 0.5) is 4.39 Å². The number of likely N-dealkylation sites (tertiary alicyclic amines) is 1. The Morgan fingerprint density at radius 2 is 1.89 bits per heavy atom. The molecule has 0 spiro atoms. The summed E-state index contributed by atoms with van der Waals surface area (Å²) in [6.45, 7) is 8.23. The lowest BCUT2D eigenvalue weighted by molar-refractivity contribution is -0.132. The molecule has 0 radical (unpaired) electrons. The van der Waals surface area contributed by atoms with Gasteiger partial charge in [-0.1, -0.05) is 6.92 Å². The highest BCUT2D eigenvalue weighted by atomic mass is 19.1. The van der Waals surface area contributed by atoms with Crippen LogP contribution in [0.5, 0.6) is 0 Å². The number of hydrogen-bond acceptors (Lipinski definition) is 4. The second-order valence-electron chi connectivity index (χ2n) is 7.56. The number of amides is 2. The zero-order valence-corrected chi connectivity index (χ0v) is 16.7. The predicted octanol–water partition coefficient (Wildman–Crippen LogP) is 1.57. The van der Waals surface area contributed by atoms with Crippen molar-refractivity contribution in [3.63, 3.8) is 0 Å². The Kier molecular flexibility index (Phi) is 7.39. The van der Waals surface area contributed by atoms with Gasteiger partial charge in [0.25, 0.3) is 5.91 Å². The summed E-state index contributed by atoms with van der Waals surface area (Å²) in [6.07, 6.45) is 2.52. The van der Waals surface area contributed by atoms with Crippen molar-refractivity contribution in [3.05, 3.63) is 35.6 Å². The number of halogens is 1. The lowest BCUT2D eigenvalue weighted by Gasteiger charge is -2.32. The second kappa shape index (κ2) is 9.98. The molecule has 0 unspecified atom stereocenters. The Morgan fingerprint density at radius 1 is 1.18 bits per heavy atom. The molecule has 28 heavy (non-hydrogen) atoms. The molecule has 1 N–H and O–H groups in total. The van der Waals surface area contributed by atoms with Gasteiger partial charge in [-0.25, -0.2) is 4.39 Å². The fourth-order valence-corrected chi connectivity index (χ4v) is 4.13. The third kappa shape index (κ3) is 5.29. The maximum Gasteiger partial charge on any atom is 0.253 e. The molecule has 2 fully saturated rings. The number of hydrogen-bond donors (Lipinski definition) is 1. The van der Waals surface area contributed by atoms with Crippen LogP contribution in [0.1, 0.15) is 36.5 Å². The number of nitrogens with zero attached hydrogens (tertiary/aromatic N) is 3. The fraction of sp³-hybridized carbons (Fsp3) is 0.619. The SMILES string of the molecule is CCN1CCC[C@H]1CN(CCC(=O)N1CCNCC1)C(=O)c1ccc(F)cc1. The lowest BCUT2D eigenvalue weighted by atomic mass is 10.1. The molecule has 7 heteroatoms. The van der Waals surface area contributed by atoms with Gasteiger partial charge in [0.1, 0.15) is 5.82 Å². The van der Waals surface area contributed by atoms with Gasteiger partial charge in [0.05, 0.1) is 0 Å². The van der Waals surface area contributed by atoms with Crippen molar-refractivity contribution >= 4 is 11.8 Å². The maximum atomic E-state index is 13.2. The van der Waals surface area contributed by atoms with Crippen molar-refractivity contribution in [1.29, 1.82) is 0 Å². The lowest BCUT2D eigenvalue weighted by Crippen LogP contribution is -2.48. The van der Waals surface area contributed by atoms with E-state index in [0.29, 0.717) is 31.1 Å². The Balaban J connectivity index is 1.67. The Labute approximate surface area is 166 Å². The van der Waals surface area contributed by atoms with Gasteiger partial charge in [-0.3, -0.25) is 14.5 Å². The smallest absolute Gasteiger partial charge is 0.253 e. The molecular weight excluding hydrogens is 359 g/mol. The van der Waals surface area contributed by atoms with Crippen LogP contribution in [-0.2, 0) is 4.79 Å². The van der Waals surface area contributed by atoms with E-state index in [0.717, 1.165) is 52.1 Å². The highest BCUT2D eigenvalue weighted by Gasteiger charge is 2.28. The summed E-state index contributed by atoms with van der Waals surface area (Å²) in [6, 6.07) is 5.99. The Bertz CT molecular complexity index is 661. The quantitative estimate of drug-likeness (QED) is 0.768. The molecule has 0 aliphatic carbocycles. The van der Waals surface area contributed by atoms with E-state index in [4.69, 9.17) is 0 Å². The molecule has 6 nitrogen and oxygen atoms in total. The molecule has 1 aromatic rings. The molecule has 1 aromatic carbocycles. The van der Waals surface area contributed by atoms with E-state index in [-0.39, 0.29) is 17.6 Å². The van der Waals surface area contributed by atoms with Crippen LogP contribution < -0.4 is 5.32 Å². The van der Waals surface area contributed by atoms with Crippen LogP contribution in [0.15, 0.2) is 24.3 Å². The predicted molar refractivity (Wildman–Crippen MR) is 107 cm³/mol. The summed E-state index contributed by atoms with van der Waals surface area (Å²) >= 11 is 0. The minimum absolute atomic E-state index is 0.0946. The number of rotatable bonds is 7. The van der Waals surface area contributed by atoms with E-state index in [1.54, 1.807) is 4.90 Å². The summed E-state index contributed by atoms with van der Waals surface area (Å²) in [7, 11) is 0. The summed E-state index contributed by atoms with van der Waals surface area (Å²) in [5.74, 6) is -0.391. The van der Waals surface area contributed by atoms with E-state index in [2.05, 4.69) is 17.1 Å². The highest BCUT2D eigenvalue weighted by Crippen LogP contribution is 2.19. The summed E-state index contributed by atoms with van der Waals surface area (Å²) in [5, 5.41) is 3.24. The van der Waals surface area contributed by atoms with E-state index in [9.17, 15) is 14.0 Å². The van der Waals surface area contributed by atoms with Crippen molar-refractivity contribution < 1.29 is 14.0 Å². The molecule has 1 atom stereocenters. The first-order valence-electron chi connectivity index (χ1n) is 10.4. The van der Waals surface area contributed by atoms with E-state index < -0.39 is 0 Å². The number of carbonyl (C=O) groups excluding carboxylic acids is 2. The largest absolute Gasteiger partial charge is 0.340 e. The second-order valence-corrected chi connectivity index (χ2v) is 7.56. The zero-order valence-electron chi connectivity index (χ0n) is 16.7. The number of nitrogens with one attached hydrogen (secondary N) is 1. The number of carbonyl (C=O) groups is 2. The maximum absolute atomic E-state index is 13.2. The monoisotopic (exact) mass is 390 g/mol. The van der Waals surface area contributed by atoms with Gasteiger partial charge in [0, 0.05) is 57.3 Å². The van der Waals surface area contributed by atoms with Gasteiger partial charge >= 0.3 is 0 Å². The Hall–Kier alpha value is -1.99. The third-order valence-electron chi connectivity index (χ3n) is 5.78. The standard InChI is InChI=1S/C21H31FN4O2/c1-2-24-12-3-4-19(24)16-26(21(28)17-5-7-18(22)8-6-17)13-9-20(27)25-14-10-23-11-15-25/h5-8,19,23H,2-4,9-16H2,1H3/t19-/m0/s1. The van der Waals surface area contributed by atoms with E-state index in [1.807, 2.05) is 4.90 Å². The zero-order chi connectivity index (χ0) is 19.9. The molecular formula is C21H31FN4O2. The minimum Gasteiger partial charge on any atom is -0.340 e. The molecule has 2 heterocycles. The van der Waals surface area contributed by atoms with Crippen molar-refractivity contribution in [2.45, 2.75) is 32.2 Å².